The van der Waals surface area contributed by atoms with E-state index in [4.69, 9.17) is 0 Å². The van der Waals surface area contributed by atoms with Gasteiger partial charge in [0.05, 0.1) is 24.4 Å². The van der Waals surface area contributed by atoms with Gasteiger partial charge in [-0.05, 0) is 38.4 Å². The molecule has 3 aromatic rings. The van der Waals surface area contributed by atoms with Crippen molar-refractivity contribution in [3.8, 4) is 0 Å². The molecule has 2 N–H and O–H groups in total. The van der Waals surface area contributed by atoms with E-state index in [2.05, 4.69) is 35.1 Å². The van der Waals surface area contributed by atoms with Crippen LogP contribution in [-0.2, 0) is 6.54 Å². The van der Waals surface area contributed by atoms with Gasteiger partial charge < -0.3 is 10.3 Å². The van der Waals surface area contributed by atoms with E-state index in [-0.39, 0.29) is 0 Å². The van der Waals surface area contributed by atoms with Gasteiger partial charge in [0, 0.05) is 36.6 Å². The summed E-state index contributed by atoms with van der Waals surface area (Å²) in [6.45, 7) is 4.99. The Morgan fingerprint density at radius 2 is 2.15 bits per heavy atom. The van der Waals surface area contributed by atoms with E-state index in [0.29, 0.717) is 5.92 Å². The third kappa shape index (κ3) is 4.05. The quantitative estimate of drug-likeness (QED) is 0.737. The van der Waals surface area contributed by atoms with E-state index in [1.54, 1.807) is 12.5 Å². The van der Waals surface area contributed by atoms with Crippen LogP contribution < -0.4 is 5.32 Å². The van der Waals surface area contributed by atoms with Gasteiger partial charge >= 0.3 is 0 Å². The summed E-state index contributed by atoms with van der Waals surface area (Å²) in [7, 11) is 0. The molecule has 0 bridgehead atoms. The van der Waals surface area contributed by atoms with Crippen LogP contribution in [0.5, 0.6) is 0 Å². The van der Waals surface area contributed by atoms with Crippen molar-refractivity contribution in [2.75, 3.05) is 18.4 Å². The maximum Gasteiger partial charge on any atom is 0.150 e. The predicted octanol–water partition coefficient (Wildman–Crippen LogP) is 3.03. The molecular formula is C19H23N7. The van der Waals surface area contributed by atoms with Crippen molar-refractivity contribution >= 4 is 11.6 Å². The first-order valence-electron chi connectivity index (χ1n) is 8.98. The first-order valence-corrected chi connectivity index (χ1v) is 8.98. The predicted molar refractivity (Wildman–Crippen MR) is 100 cm³/mol. The minimum atomic E-state index is 0.422. The highest BCUT2D eigenvalue weighted by molar-refractivity contribution is 5.50. The second kappa shape index (κ2) is 7.61. The smallest absolute Gasteiger partial charge is 0.150 e. The van der Waals surface area contributed by atoms with Crippen LogP contribution in [0.2, 0.25) is 0 Å². The first-order chi connectivity index (χ1) is 12.8. The molecule has 26 heavy (non-hydrogen) atoms. The molecule has 3 aromatic heterocycles. The molecule has 4 rings (SSSR count). The summed E-state index contributed by atoms with van der Waals surface area (Å²) >= 11 is 0. The van der Waals surface area contributed by atoms with E-state index < -0.39 is 0 Å². The van der Waals surface area contributed by atoms with Crippen LogP contribution in [0, 0.1) is 6.92 Å². The van der Waals surface area contributed by atoms with Crippen molar-refractivity contribution in [3.63, 3.8) is 0 Å². The number of hydrogen-bond acceptors (Lipinski definition) is 6. The molecule has 7 nitrogen and oxygen atoms in total. The zero-order valence-electron chi connectivity index (χ0n) is 14.9. The number of hydrogen-bond donors (Lipinski definition) is 2. The number of aryl methyl sites for hydroxylation is 1. The highest BCUT2D eigenvalue weighted by Crippen LogP contribution is 2.26. The molecule has 1 saturated heterocycles. The fraction of sp³-hybridized carbons (Fsp3) is 0.368. The number of aromatic nitrogens is 5. The average Bonchev–Trinajstić information content (AvgIpc) is 3.16. The molecule has 0 aliphatic carbocycles. The molecule has 0 spiro atoms. The SMILES string of the molecule is Cc1cccc(Nc2cnc(C3CCCN(Cc4cnc[nH]4)C3)cn2)n1. The van der Waals surface area contributed by atoms with Crippen LogP contribution in [0.1, 0.15) is 35.8 Å². The van der Waals surface area contributed by atoms with Crippen LogP contribution in [0.25, 0.3) is 0 Å². The number of H-pyrrole nitrogens is 1. The van der Waals surface area contributed by atoms with Crippen LogP contribution in [0.4, 0.5) is 11.6 Å². The summed E-state index contributed by atoms with van der Waals surface area (Å²) in [5.74, 6) is 1.93. The summed E-state index contributed by atoms with van der Waals surface area (Å²) in [6, 6.07) is 5.87. The standard InChI is InChI=1S/C19H23N7/c1-14-4-2-6-18(24-14)25-19-10-21-17(9-22-19)15-5-3-7-26(11-15)12-16-8-20-13-23-16/h2,4,6,8-10,13,15H,3,5,7,11-12H2,1H3,(H,20,23)(H,22,24,25). The Hall–Kier alpha value is -2.80. The monoisotopic (exact) mass is 349 g/mol. The lowest BCUT2D eigenvalue weighted by Gasteiger charge is -2.31. The number of rotatable bonds is 5. The number of piperidine rings is 1. The van der Waals surface area contributed by atoms with E-state index in [9.17, 15) is 0 Å². The van der Waals surface area contributed by atoms with Gasteiger partial charge in [0.25, 0.3) is 0 Å². The van der Waals surface area contributed by atoms with E-state index in [1.165, 1.54) is 6.42 Å². The Morgan fingerprint density at radius 3 is 2.92 bits per heavy atom. The molecule has 1 fully saturated rings. The Kier molecular flexibility index (Phi) is 4.88. The van der Waals surface area contributed by atoms with Gasteiger partial charge in [0.2, 0.25) is 0 Å². The number of anilines is 2. The summed E-state index contributed by atoms with van der Waals surface area (Å²) < 4.78 is 0. The number of pyridine rings is 1. The second-order valence-corrected chi connectivity index (χ2v) is 6.77. The first kappa shape index (κ1) is 16.7. The fourth-order valence-corrected chi connectivity index (χ4v) is 3.41. The molecule has 1 aliphatic rings. The van der Waals surface area contributed by atoms with Crippen molar-refractivity contribution < 1.29 is 0 Å². The molecule has 1 aliphatic heterocycles. The lowest BCUT2D eigenvalue weighted by Crippen LogP contribution is -2.34. The zero-order chi connectivity index (χ0) is 17.8. The van der Waals surface area contributed by atoms with Gasteiger partial charge in [0.1, 0.15) is 11.6 Å². The molecule has 1 unspecified atom stereocenters. The Labute approximate surface area is 152 Å². The highest BCUT2D eigenvalue weighted by atomic mass is 15.1. The van der Waals surface area contributed by atoms with Gasteiger partial charge in [-0.2, -0.15) is 0 Å². The number of nitrogens with one attached hydrogen (secondary N) is 2. The Morgan fingerprint density at radius 1 is 1.19 bits per heavy atom. The molecule has 1 atom stereocenters. The Bertz CT molecular complexity index is 829. The van der Waals surface area contributed by atoms with Crippen LogP contribution >= 0.6 is 0 Å². The summed E-state index contributed by atoms with van der Waals surface area (Å²) in [5.41, 5.74) is 3.18. The average molecular weight is 349 g/mol. The largest absolute Gasteiger partial charge is 0.347 e. The number of nitrogens with zero attached hydrogens (tertiary/aromatic N) is 5. The van der Waals surface area contributed by atoms with Gasteiger partial charge in [-0.1, -0.05) is 6.07 Å². The van der Waals surface area contributed by atoms with Crippen molar-refractivity contribution in [1.29, 1.82) is 0 Å². The molecule has 0 aromatic carbocycles. The third-order valence-electron chi connectivity index (χ3n) is 4.69. The maximum atomic E-state index is 4.65. The van der Waals surface area contributed by atoms with E-state index >= 15 is 0 Å². The normalized spacial score (nSPS) is 18.0. The highest BCUT2D eigenvalue weighted by Gasteiger charge is 2.23. The van der Waals surface area contributed by atoms with Gasteiger partial charge in [0.15, 0.2) is 0 Å². The van der Waals surface area contributed by atoms with Crippen molar-refractivity contribution in [1.82, 2.24) is 29.8 Å². The second-order valence-electron chi connectivity index (χ2n) is 6.77. The summed E-state index contributed by atoms with van der Waals surface area (Å²) in [4.78, 5) is 23.3. The van der Waals surface area contributed by atoms with Gasteiger partial charge in [-0.25, -0.2) is 15.0 Å². The minimum Gasteiger partial charge on any atom is -0.347 e. The zero-order valence-corrected chi connectivity index (χ0v) is 14.9. The van der Waals surface area contributed by atoms with Crippen molar-refractivity contribution in [2.45, 2.75) is 32.2 Å². The number of aromatic amines is 1. The van der Waals surface area contributed by atoms with Crippen LogP contribution in [0.3, 0.4) is 0 Å². The van der Waals surface area contributed by atoms with Gasteiger partial charge in [-0.15, -0.1) is 0 Å². The maximum absolute atomic E-state index is 4.65. The van der Waals surface area contributed by atoms with Crippen LogP contribution in [-0.4, -0.2) is 42.9 Å². The number of imidazole rings is 1. The van der Waals surface area contributed by atoms with Crippen LogP contribution in [0.15, 0.2) is 43.1 Å². The lowest BCUT2D eigenvalue weighted by molar-refractivity contribution is 0.196. The van der Waals surface area contributed by atoms with Crippen molar-refractivity contribution in [2.24, 2.45) is 0 Å². The molecule has 4 heterocycles. The summed E-state index contributed by atoms with van der Waals surface area (Å²) in [5, 5.41) is 3.21. The third-order valence-corrected chi connectivity index (χ3v) is 4.69. The minimum absolute atomic E-state index is 0.422. The summed E-state index contributed by atoms with van der Waals surface area (Å²) in [6.07, 6.45) is 9.64. The topological polar surface area (TPSA) is 82.6 Å². The molecular weight excluding hydrogens is 326 g/mol. The molecule has 7 heteroatoms. The molecule has 0 saturated carbocycles. The molecule has 134 valence electrons. The lowest BCUT2D eigenvalue weighted by atomic mass is 9.95. The fourth-order valence-electron chi connectivity index (χ4n) is 3.41. The van der Waals surface area contributed by atoms with Crippen molar-refractivity contribution in [3.05, 3.63) is 60.2 Å². The molecule has 0 amide bonds. The Balaban J connectivity index is 1.39. The van der Waals surface area contributed by atoms with Gasteiger partial charge in [-0.3, -0.25) is 9.88 Å². The van der Waals surface area contributed by atoms with E-state index in [1.807, 2.05) is 37.5 Å². The number of likely N-dealkylation sites (tertiary alicyclic amines) is 1. The molecule has 0 radical (unpaired) electrons. The van der Waals surface area contributed by atoms with E-state index in [0.717, 1.165) is 54.8 Å².